The Bertz CT molecular complexity index is 1250. The third-order valence-electron chi connectivity index (χ3n) is 4.33. The zero-order valence-corrected chi connectivity index (χ0v) is 16.6. The van der Waals surface area contributed by atoms with Gasteiger partial charge in [0.15, 0.2) is 22.4 Å². The van der Waals surface area contributed by atoms with Crippen LogP contribution in [-0.4, -0.2) is 32.4 Å². The molecule has 0 saturated heterocycles. The molecule has 0 aliphatic heterocycles. The number of nitrogens with two attached hydrogens (primary N) is 1. The van der Waals surface area contributed by atoms with Crippen LogP contribution in [-0.2, 0) is 6.18 Å². The van der Waals surface area contributed by atoms with Crippen molar-refractivity contribution in [2.24, 2.45) is 0 Å². The first-order valence-electron chi connectivity index (χ1n) is 9.00. The average molecular weight is 444 g/mol. The Labute approximate surface area is 178 Å². The number of nitrogens with one attached hydrogen (secondary N) is 2. The Hall–Kier alpha value is -3.85. The summed E-state index contributed by atoms with van der Waals surface area (Å²) >= 11 is 1.16. The number of halogens is 3. The number of imidazole rings is 1. The van der Waals surface area contributed by atoms with E-state index in [1.54, 1.807) is 23.0 Å². The lowest BCUT2D eigenvalue weighted by atomic mass is 10.1. The summed E-state index contributed by atoms with van der Waals surface area (Å²) in [6.45, 7) is 0.921. The first-order chi connectivity index (χ1) is 14.8. The maximum atomic E-state index is 12.8. The number of rotatable bonds is 6. The van der Waals surface area contributed by atoms with Crippen LogP contribution in [0.4, 0.5) is 29.9 Å². The van der Waals surface area contributed by atoms with Gasteiger partial charge in [0.2, 0.25) is 0 Å². The molecule has 8 nitrogen and oxygen atoms in total. The van der Waals surface area contributed by atoms with Crippen LogP contribution in [0.5, 0.6) is 0 Å². The molecule has 0 fully saturated rings. The van der Waals surface area contributed by atoms with Crippen LogP contribution in [0.25, 0.3) is 16.9 Å². The Kier molecular flexibility index (Phi) is 5.35. The van der Waals surface area contributed by atoms with E-state index in [1.165, 1.54) is 12.1 Å². The Balaban J connectivity index is 1.50. The van der Waals surface area contributed by atoms with Gasteiger partial charge in [-0.2, -0.15) is 18.4 Å². The molecule has 0 aliphatic carbocycles. The van der Waals surface area contributed by atoms with Crippen LogP contribution in [0.15, 0.2) is 42.9 Å². The van der Waals surface area contributed by atoms with Crippen molar-refractivity contribution in [2.45, 2.75) is 6.18 Å². The van der Waals surface area contributed by atoms with Crippen LogP contribution in [0.2, 0.25) is 0 Å². The van der Waals surface area contributed by atoms with Crippen molar-refractivity contribution in [2.75, 3.05) is 29.5 Å². The lowest BCUT2D eigenvalue weighted by Gasteiger charge is -2.11. The molecule has 0 saturated carbocycles. The predicted octanol–water partition coefficient (Wildman–Crippen LogP) is 3.85. The van der Waals surface area contributed by atoms with Gasteiger partial charge in [0.05, 0.1) is 11.3 Å². The second-order valence-electron chi connectivity index (χ2n) is 6.41. The van der Waals surface area contributed by atoms with Crippen LogP contribution >= 0.6 is 11.3 Å². The number of thiazole rings is 1. The molecule has 4 N–H and O–H groups in total. The van der Waals surface area contributed by atoms with E-state index in [-0.39, 0.29) is 5.82 Å². The molecule has 4 aromatic rings. The number of anilines is 3. The zero-order chi connectivity index (χ0) is 22.0. The first kappa shape index (κ1) is 20.4. The largest absolute Gasteiger partial charge is 0.416 e. The second-order valence-corrected chi connectivity index (χ2v) is 7.41. The van der Waals surface area contributed by atoms with Gasteiger partial charge < -0.3 is 20.8 Å². The fourth-order valence-corrected chi connectivity index (χ4v) is 3.56. The smallest absolute Gasteiger partial charge is 0.382 e. The molecule has 31 heavy (non-hydrogen) atoms. The van der Waals surface area contributed by atoms with Gasteiger partial charge in [0.25, 0.3) is 0 Å². The van der Waals surface area contributed by atoms with E-state index in [9.17, 15) is 13.2 Å². The van der Waals surface area contributed by atoms with Crippen LogP contribution < -0.4 is 16.4 Å². The van der Waals surface area contributed by atoms with Crippen molar-refractivity contribution in [3.8, 4) is 17.3 Å². The SMILES string of the molecule is N#Cc1sc(NCCNc2nc(-c3ccc(C(F)(F)F)cc3)cn3ccnc23)nc1N. The summed E-state index contributed by atoms with van der Waals surface area (Å²) < 4.78 is 40.2. The number of nitrogens with zero attached hydrogens (tertiary/aromatic N) is 5. The van der Waals surface area contributed by atoms with Gasteiger partial charge >= 0.3 is 6.18 Å². The lowest BCUT2D eigenvalue weighted by molar-refractivity contribution is -0.137. The average Bonchev–Trinajstić information content (AvgIpc) is 3.36. The first-order valence-corrected chi connectivity index (χ1v) is 9.82. The number of benzene rings is 1. The van der Waals surface area contributed by atoms with Gasteiger partial charge in [0, 0.05) is 37.2 Å². The maximum Gasteiger partial charge on any atom is 0.416 e. The second kappa shape index (κ2) is 8.11. The van der Waals surface area contributed by atoms with Crippen molar-refractivity contribution in [1.29, 1.82) is 5.26 Å². The van der Waals surface area contributed by atoms with Gasteiger partial charge in [-0.3, -0.25) is 0 Å². The number of nitriles is 1. The molecular weight excluding hydrogens is 429 g/mol. The van der Waals surface area contributed by atoms with Gasteiger partial charge in [-0.15, -0.1) is 0 Å². The third-order valence-corrected chi connectivity index (χ3v) is 5.26. The minimum absolute atomic E-state index is 0.188. The highest BCUT2D eigenvalue weighted by atomic mass is 32.1. The highest BCUT2D eigenvalue weighted by Crippen LogP contribution is 2.31. The molecular formula is C19H15F3N8S. The Morgan fingerprint density at radius 1 is 1.13 bits per heavy atom. The highest BCUT2D eigenvalue weighted by molar-refractivity contribution is 7.16. The van der Waals surface area contributed by atoms with E-state index in [0.29, 0.717) is 45.8 Å². The molecule has 1 aromatic carbocycles. The quantitative estimate of drug-likeness (QED) is 0.387. The van der Waals surface area contributed by atoms with E-state index < -0.39 is 11.7 Å². The Morgan fingerprint density at radius 2 is 1.87 bits per heavy atom. The van der Waals surface area contributed by atoms with Crippen molar-refractivity contribution in [3.05, 3.63) is 53.3 Å². The highest BCUT2D eigenvalue weighted by Gasteiger charge is 2.30. The molecule has 12 heteroatoms. The fraction of sp³-hybridized carbons (Fsp3) is 0.158. The molecule has 0 atom stereocenters. The van der Waals surface area contributed by atoms with E-state index in [4.69, 9.17) is 11.0 Å². The van der Waals surface area contributed by atoms with Crippen molar-refractivity contribution < 1.29 is 13.2 Å². The van der Waals surface area contributed by atoms with Gasteiger partial charge in [-0.1, -0.05) is 23.5 Å². The molecule has 4 rings (SSSR count). The van der Waals surface area contributed by atoms with Gasteiger partial charge in [-0.25, -0.2) is 15.0 Å². The van der Waals surface area contributed by atoms with Crippen LogP contribution in [0.1, 0.15) is 10.4 Å². The summed E-state index contributed by atoms with van der Waals surface area (Å²) in [5.74, 6) is 0.675. The van der Waals surface area contributed by atoms with E-state index in [2.05, 4.69) is 25.6 Å². The van der Waals surface area contributed by atoms with Crippen LogP contribution in [0, 0.1) is 11.3 Å². The molecule has 3 aromatic heterocycles. The van der Waals surface area contributed by atoms with Crippen LogP contribution in [0.3, 0.4) is 0 Å². The maximum absolute atomic E-state index is 12.8. The number of fused-ring (bicyclic) bond motifs is 1. The van der Waals surface area contributed by atoms with Gasteiger partial charge in [-0.05, 0) is 12.1 Å². The molecule has 0 bridgehead atoms. The van der Waals surface area contributed by atoms with Gasteiger partial charge in [0.1, 0.15) is 10.9 Å². The number of nitrogen functional groups attached to an aromatic ring is 1. The molecule has 158 valence electrons. The standard InChI is InChI=1S/C19H15F3N8S/c20-19(21,22)12-3-1-11(2-4-12)13-10-30-8-7-26-17(30)16(28-13)25-5-6-27-18-29-15(24)14(9-23)31-18/h1-4,7-8,10H,5-6,24H2,(H,25,28)(H,27,29). The Morgan fingerprint density at radius 3 is 2.55 bits per heavy atom. The number of hydrogen-bond donors (Lipinski definition) is 3. The van der Waals surface area contributed by atoms with E-state index >= 15 is 0 Å². The topological polar surface area (TPSA) is 117 Å². The zero-order valence-electron chi connectivity index (χ0n) is 15.8. The van der Waals surface area contributed by atoms with E-state index in [0.717, 1.165) is 23.5 Å². The lowest BCUT2D eigenvalue weighted by Crippen LogP contribution is -2.15. The van der Waals surface area contributed by atoms with E-state index in [1.807, 2.05) is 6.07 Å². The number of hydrogen-bond acceptors (Lipinski definition) is 8. The van der Waals surface area contributed by atoms with Crippen molar-refractivity contribution >= 4 is 33.8 Å². The molecule has 0 amide bonds. The minimum Gasteiger partial charge on any atom is -0.382 e. The molecule has 0 aliphatic rings. The summed E-state index contributed by atoms with van der Waals surface area (Å²) in [4.78, 5) is 13.2. The summed E-state index contributed by atoms with van der Waals surface area (Å²) in [5, 5.41) is 15.7. The molecule has 0 unspecified atom stereocenters. The molecule has 0 spiro atoms. The third kappa shape index (κ3) is 4.36. The number of alkyl halides is 3. The predicted molar refractivity (Wildman–Crippen MR) is 112 cm³/mol. The summed E-state index contributed by atoms with van der Waals surface area (Å²) in [6, 6.07) is 6.81. The molecule has 0 radical (unpaired) electrons. The number of aromatic nitrogens is 4. The molecule has 3 heterocycles. The summed E-state index contributed by atoms with van der Waals surface area (Å²) in [6.07, 6.45) is 0.653. The summed E-state index contributed by atoms with van der Waals surface area (Å²) in [7, 11) is 0. The minimum atomic E-state index is -4.39. The fourth-order valence-electron chi connectivity index (χ4n) is 2.86. The van der Waals surface area contributed by atoms with Crippen molar-refractivity contribution in [3.63, 3.8) is 0 Å². The summed E-state index contributed by atoms with van der Waals surface area (Å²) in [5.41, 5.74) is 6.56. The monoisotopic (exact) mass is 444 g/mol. The normalized spacial score (nSPS) is 11.4. The van der Waals surface area contributed by atoms with Crippen molar-refractivity contribution in [1.82, 2.24) is 19.4 Å².